The molecule has 3 aromatic carbocycles. The molecule has 5 N–H and O–H groups in total. The molecular weight excluding hydrogens is 568 g/mol. The number of hydrogen-bond donors (Lipinski definition) is 5. The van der Waals surface area contributed by atoms with E-state index in [-0.39, 0.29) is 5.54 Å². The van der Waals surface area contributed by atoms with E-state index in [9.17, 15) is 37.4 Å². The maximum atomic E-state index is 14.3. The molecule has 0 radical (unpaired) electrons. The predicted octanol–water partition coefficient (Wildman–Crippen LogP) is 7.48. The highest BCUT2D eigenvalue weighted by Crippen LogP contribution is 2.39. The van der Waals surface area contributed by atoms with Crippen LogP contribution >= 0.6 is 0 Å². The van der Waals surface area contributed by atoms with Gasteiger partial charge in [0.1, 0.15) is 17.1 Å². The molecule has 11 heteroatoms. The molecule has 0 fully saturated rings. The lowest BCUT2D eigenvalue weighted by atomic mass is 9.88. The topological polar surface area (TPSA) is 119 Å². The van der Waals surface area contributed by atoms with Crippen molar-refractivity contribution in [2.45, 2.75) is 52.6 Å². The number of nitrogens with one attached hydrogen (secondary N) is 2. The number of ketones is 1. The van der Waals surface area contributed by atoms with Crippen molar-refractivity contribution in [2.75, 3.05) is 10.6 Å². The van der Waals surface area contributed by atoms with Crippen LogP contribution in [-0.4, -0.2) is 38.1 Å². The number of aromatic carboxylic acids is 1. The van der Waals surface area contributed by atoms with Gasteiger partial charge in [0.05, 0.1) is 22.2 Å². The van der Waals surface area contributed by atoms with Crippen LogP contribution in [0.5, 0.6) is 11.5 Å². The van der Waals surface area contributed by atoms with Crippen LogP contribution < -0.4 is 10.6 Å². The number of rotatable bonds is 3. The second-order valence-electron chi connectivity index (χ2n) is 11.6. The van der Waals surface area contributed by atoms with E-state index in [0.717, 1.165) is 17.8 Å². The number of carbonyl (C=O) groups is 2. The Kier molecular flexibility index (Phi) is 7.82. The first kappa shape index (κ1) is 31.1. The van der Waals surface area contributed by atoms with Crippen LogP contribution in [0.2, 0.25) is 0 Å². The monoisotopic (exact) mass is 598 g/mol. The zero-order chi connectivity index (χ0) is 32.2. The van der Waals surface area contributed by atoms with Gasteiger partial charge in [0.25, 0.3) is 0 Å². The minimum absolute atomic E-state index is 0.0368. The highest BCUT2D eigenvalue weighted by atomic mass is 19.2. The quantitative estimate of drug-likeness (QED) is 0.0918. The molecule has 0 amide bonds. The summed E-state index contributed by atoms with van der Waals surface area (Å²) in [5, 5.41) is 35.2. The molecule has 0 aliphatic carbocycles. The smallest absolute Gasteiger partial charge is 0.339 e. The van der Waals surface area contributed by atoms with E-state index in [1.165, 1.54) is 11.1 Å². The van der Waals surface area contributed by atoms with Gasteiger partial charge in [-0.05, 0) is 70.9 Å². The maximum Gasteiger partial charge on any atom is 0.339 e. The standard InChI is InChI=1S/C20H15F4NO4.C12H15NO/c1-7-6-20(2,3)25-10-5-11(26)9(4-8(7)10)18(27)12-13(19(28)29)15(22)17(24)16(23)14(12)21;1-8-7-12(2,3)13-11-6-9(14)4-5-10(8)11/h4-6,25-26H,1-3H3,(H,28,29);4-7,13-14H,1-3H3. The van der Waals surface area contributed by atoms with Gasteiger partial charge in [-0.2, -0.15) is 0 Å². The van der Waals surface area contributed by atoms with Gasteiger partial charge in [0, 0.05) is 34.6 Å². The zero-order valence-corrected chi connectivity index (χ0v) is 24.2. The van der Waals surface area contributed by atoms with E-state index < -0.39 is 63.0 Å². The van der Waals surface area contributed by atoms with Gasteiger partial charge in [-0.15, -0.1) is 0 Å². The van der Waals surface area contributed by atoms with E-state index in [0.29, 0.717) is 22.6 Å². The molecule has 5 rings (SSSR count). The summed E-state index contributed by atoms with van der Waals surface area (Å²) >= 11 is 0. The van der Waals surface area contributed by atoms with Crippen molar-refractivity contribution < 1.29 is 42.5 Å². The lowest BCUT2D eigenvalue weighted by Crippen LogP contribution is -2.31. The molecule has 0 bridgehead atoms. The Morgan fingerprint density at radius 1 is 0.698 bits per heavy atom. The lowest BCUT2D eigenvalue weighted by molar-refractivity contribution is 0.0684. The third-order valence-electron chi connectivity index (χ3n) is 7.01. The SMILES string of the molecule is CC1=CC(C)(C)Nc2cc(O)c(C(=O)c3c(F)c(F)c(F)c(F)c3C(=O)O)cc21.CC1=CC(C)(C)Nc2cc(O)ccc21. The molecule has 0 spiro atoms. The van der Waals surface area contributed by atoms with Crippen LogP contribution in [0.25, 0.3) is 11.1 Å². The highest BCUT2D eigenvalue weighted by Gasteiger charge is 2.35. The number of aromatic hydroxyl groups is 2. The summed E-state index contributed by atoms with van der Waals surface area (Å²) in [5.74, 6) is -13.1. The molecule has 43 heavy (non-hydrogen) atoms. The summed E-state index contributed by atoms with van der Waals surface area (Å²) in [6, 6.07) is 7.74. The molecule has 2 aliphatic heterocycles. The van der Waals surface area contributed by atoms with E-state index in [4.69, 9.17) is 5.11 Å². The van der Waals surface area contributed by atoms with Crippen LogP contribution in [0, 0.1) is 23.3 Å². The average Bonchev–Trinajstić information content (AvgIpc) is 2.87. The second-order valence-corrected chi connectivity index (χ2v) is 11.6. The third kappa shape index (κ3) is 5.93. The van der Waals surface area contributed by atoms with Crippen molar-refractivity contribution in [1.82, 2.24) is 0 Å². The fourth-order valence-corrected chi connectivity index (χ4v) is 5.36. The summed E-state index contributed by atoms with van der Waals surface area (Å²) in [4.78, 5) is 24.1. The fourth-order valence-electron chi connectivity index (χ4n) is 5.36. The van der Waals surface area contributed by atoms with Crippen LogP contribution in [0.1, 0.15) is 78.9 Å². The van der Waals surface area contributed by atoms with Crippen molar-refractivity contribution >= 4 is 34.3 Å². The number of allylic oxidation sites excluding steroid dienone is 2. The molecule has 0 unspecified atom stereocenters. The fraction of sp³-hybridized carbons (Fsp3) is 0.250. The molecule has 7 nitrogen and oxygen atoms in total. The molecule has 2 aliphatic rings. The number of carbonyl (C=O) groups excluding carboxylic acids is 1. The van der Waals surface area contributed by atoms with Crippen molar-refractivity contribution in [3.05, 3.63) is 93.6 Å². The van der Waals surface area contributed by atoms with Crippen molar-refractivity contribution in [1.29, 1.82) is 0 Å². The molecule has 0 saturated carbocycles. The van der Waals surface area contributed by atoms with Gasteiger partial charge in [-0.1, -0.05) is 12.2 Å². The predicted molar refractivity (Wildman–Crippen MR) is 156 cm³/mol. The minimum atomic E-state index is -2.35. The number of anilines is 2. The van der Waals surface area contributed by atoms with Crippen LogP contribution in [-0.2, 0) is 0 Å². The number of hydrogen-bond acceptors (Lipinski definition) is 6. The minimum Gasteiger partial charge on any atom is -0.508 e. The number of carboxylic acids is 1. The van der Waals surface area contributed by atoms with Crippen LogP contribution in [0.15, 0.2) is 42.5 Å². The molecule has 0 saturated heterocycles. The number of phenolic OH excluding ortho intramolecular Hbond substituents is 2. The van der Waals surface area contributed by atoms with Gasteiger partial charge in [0.2, 0.25) is 5.78 Å². The Hall–Kier alpha value is -4.80. The summed E-state index contributed by atoms with van der Waals surface area (Å²) in [6.45, 7) is 11.8. The average molecular weight is 599 g/mol. The summed E-state index contributed by atoms with van der Waals surface area (Å²) in [5.41, 5.74) is 0.722. The van der Waals surface area contributed by atoms with Gasteiger partial charge < -0.3 is 26.0 Å². The summed E-state index contributed by atoms with van der Waals surface area (Å²) in [7, 11) is 0. The Morgan fingerprint density at radius 3 is 1.72 bits per heavy atom. The molecular formula is C32H30F4N2O5. The number of halogens is 4. The Morgan fingerprint density at radius 2 is 1.19 bits per heavy atom. The van der Waals surface area contributed by atoms with Gasteiger partial charge in [-0.25, -0.2) is 22.4 Å². The zero-order valence-electron chi connectivity index (χ0n) is 24.2. The third-order valence-corrected chi connectivity index (χ3v) is 7.01. The normalized spacial score (nSPS) is 15.8. The Labute approximate surface area is 245 Å². The Balaban J connectivity index is 0.000000251. The van der Waals surface area contributed by atoms with Gasteiger partial charge in [0.15, 0.2) is 23.3 Å². The van der Waals surface area contributed by atoms with Crippen LogP contribution in [0.3, 0.4) is 0 Å². The van der Waals surface area contributed by atoms with Gasteiger partial charge in [-0.3, -0.25) is 4.79 Å². The van der Waals surface area contributed by atoms with Crippen LogP contribution in [0.4, 0.5) is 28.9 Å². The summed E-state index contributed by atoms with van der Waals surface area (Å²) < 4.78 is 55.4. The molecule has 0 aromatic heterocycles. The van der Waals surface area contributed by atoms with Crippen molar-refractivity contribution in [2.24, 2.45) is 0 Å². The number of fused-ring (bicyclic) bond motifs is 2. The first-order chi connectivity index (χ1) is 19.8. The summed E-state index contributed by atoms with van der Waals surface area (Å²) in [6.07, 6.45) is 4.02. The number of phenols is 2. The molecule has 0 atom stereocenters. The molecule has 2 heterocycles. The molecule has 3 aromatic rings. The maximum absolute atomic E-state index is 14.3. The Bertz CT molecular complexity index is 1760. The number of benzene rings is 3. The van der Waals surface area contributed by atoms with E-state index in [1.54, 1.807) is 19.1 Å². The highest BCUT2D eigenvalue weighted by molar-refractivity contribution is 6.16. The van der Waals surface area contributed by atoms with E-state index in [1.807, 2.05) is 26.0 Å². The van der Waals surface area contributed by atoms with Crippen molar-refractivity contribution in [3.63, 3.8) is 0 Å². The largest absolute Gasteiger partial charge is 0.508 e. The number of carboxylic acid groups (broad SMARTS) is 1. The van der Waals surface area contributed by atoms with E-state index in [2.05, 4.69) is 37.5 Å². The van der Waals surface area contributed by atoms with Crippen molar-refractivity contribution in [3.8, 4) is 11.5 Å². The van der Waals surface area contributed by atoms with E-state index >= 15 is 0 Å². The second kappa shape index (κ2) is 10.8. The first-order valence-electron chi connectivity index (χ1n) is 13.1. The molecule has 226 valence electrons. The first-order valence-corrected chi connectivity index (χ1v) is 13.1. The lowest BCUT2D eigenvalue weighted by Gasteiger charge is -2.31. The van der Waals surface area contributed by atoms with Gasteiger partial charge >= 0.3 is 5.97 Å².